The first kappa shape index (κ1) is 18.1. The predicted molar refractivity (Wildman–Crippen MR) is 123 cm³/mol. The van der Waals surface area contributed by atoms with Gasteiger partial charge >= 0.3 is 0 Å². The molecular formula is C27H21NO2. The Hall–Kier alpha value is -3.98. The van der Waals surface area contributed by atoms with Crippen LogP contribution < -0.4 is 4.74 Å². The van der Waals surface area contributed by atoms with Crippen LogP contribution in [0, 0.1) is 0 Å². The summed E-state index contributed by atoms with van der Waals surface area (Å²) in [5, 5.41) is 1.09. The van der Waals surface area contributed by atoms with E-state index in [9.17, 15) is 0 Å². The van der Waals surface area contributed by atoms with Gasteiger partial charge in [0.05, 0.1) is 0 Å². The summed E-state index contributed by atoms with van der Waals surface area (Å²) in [7, 11) is 0. The molecule has 5 aromatic rings. The van der Waals surface area contributed by atoms with E-state index in [-0.39, 0.29) is 0 Å². The second-order valence-electron chi connectivity index (χ2n) is 7.09. The number of hydrogen-bond acceptors (Lipinski definition) is 2. The smallest absolute Gasteiger partial charge is 0.142 e. The van der Waals surface area contributed by atoms with Crippen molar-refractivity contribution < 1.29 is 9.15 Å². The quantitative estimate of drug-likeness (QED) is 0.308. The maximum absolute atomic E-state index is 6.40. The SMILES string of the molecule is C=CCOc1ccc2[nH]cc(-c3cc(-c4ccccc4)oc3-c3ccccc3)c2c1. The summed E-state index contributed by atoms with van der Waals surface area (Å²) in [4.78, 5) is 3.38. The maximum atomic E-state index is 6.40. The van der Waals surface area contributed by atoms with Crippen molar-refractivity contribution in [3.05, 3.63) is 104 Å². The van der Waals surface area contributed by atoms with Crippen molar-refractivity contribution in [1.82, 2.24) is 4.98 Å². The zero-order valence-electron chi connectivity index (χ0n) is 16.5. The lowest BCUT2D eigenvalue weighted by Crippen LogP contribution is -1.92. The Morgan fingerprint density at radius 3 is 2.30 bits per heavy atom. The average molecular weight is 391 g/mol. The molecule has 0 aliphatic rings. The van der Waals surface area contributed by atoms with E-state index < -0.39 is 0 Å². The topological polar surface area (TPSA) is 38.2 Å². The molecule has 0 bridgehead atoms. The number of fused-ring (bicyclic) bond motifs is 1. The van der Waals surface area contributed by atoms with Crippen LogP contribution >= 0.6 is 0 Å². The third-order valence-electron chi connectivity index (χ3n) is 5.14. The van der Waals surface area contributed by atoms with E-state index >= 15 is 0 Å². The minimum Gasteiger partial charge on any atom is -0.490 e. The Morgan fingerprint density at radius 2 is 1.57 bits per heavy atom. The number of hydrogen-bond donors (Lipinski definition) is 1. The Morgan fingerprint density at radius 1 is 0.833 bits per heavy atom. The molecule has 3 aromatic carbocycles. The molecule has 0 saturated heterocycles. The van der Waals surface area contributed by atoms with Crippen LogP contribution in [0.5, 0.6) is 5.75 Å². The lowest BCUT2D eigenvalue weighted by atomic mass is 10.0. The van der Waals surface area contributed by atoms with Gasteiger partial charge in [-0.2, -0.15) is 0 Å². The van der Waals surface area contributed by atoms with Gasteiger partial charge in [-0.1, -0.05) is 73.3 Å². The van der Waals surface area contributed by atoms with Crippen molar-refractivity contribution >= 4 is 10.9 Å². The minimum atomic E-state index is 0.477. The molecule has 0 atom stereocenters. The summed E-state index contributed by atoms with van der Waals surface area (Å²) < 4.78 is 12.2. The molecule has 0 amide bonds. The standard InChI is InChI=1S/C27H21NO2/c1-2-15-29-21-13-14-25-22(16-21)24(18-28-25)23-17-26(19-9-5-3-6-10-19)30-27(23)20-11-7-4-8-12-20/h2-14,16-18,28H,1,15H2. The van der Waals surface area contributed by atoms with Gasteiger partial charge in [0, 0.05) is 39.4 Å². The van der Waals surface area contributed by atoms with Gasteiger partial charge in [-0.15, -0.1) is 0 Å². The van der Waals surface area contributed by atoms with Crippen molar-refractivity contribution in [2.24, 2.45) is 0 Å². The Kier molecular flexibility index (Phi) is 4.70. The Balaban J connectivity index is 1.70. The van der Waals surface area contributed by atoms with E-state index in [1.165, 1.54) is 0 Å². The van der Waals surface area contributed by atoms with Crippen LogP contribution in [0.25, 0.3) is 44.7 Å². The summed E-state index contributed by atoms with van der Waals surface area (Å²) in [6.07, 6.45) is 3.78. The van der Waals surface area contributed by atoms with Crippen molar-refractivity contribution in [2.75, 3.05) is 6.61 Å². The fraction of sp³-hybridized carbons (Fsp3) is 0.0370. The molecule has 3 heteroatoms. The molecule has 0 saturated carbocycles. The van der Waals surface area contributed by atoms with E-state index in [0.29, 0.717) is 6.61 Å². The summed E-state index contributed by atoms with van der Waals surface area (Å²) in [6.45, 7) is 4.20. The number of nitrogens with one attached hydrogen (secondary N) is 1. The second-order valence-corrected chi connectivity index (χ2v) is 7.09. The van der Waals surface area contributed by atoms with Crippen molar-refractivity contribution in [2.45, 2.75) is 0 Å². The molecule has 146 valence electrons. The molecular weight excluding hydrogens is 370 g/mol. The Bertz CT molecular complexity index is 1300. The van der Waals surface area contributed by atoms with Crippen LogP contribution in [0.15, 0.2) is 108 Å². The average Bonchev–Trinajstić information content (AvgIpc) is 3.43. The first-order valence-electron chi connectivity index (χ1n) is 9.93. The van der Waals surface area contributed by atoms with Gasteiger partial charge in [0.2, 0.25) is 0 Å². The summed E-state index contributed by atoms with van der Waals surface area (Å²) in [5.74, 6) is 2.52. The molecule has 0 unspecified atom stereocenters. The van der Waals surface area contributed by atoms with Crippen molar-refractivity contribution in [1.29, 1.82) is 0 Å². The van der Waals surface area contributed by atoms with Crippen LogP contribution in [0.2, 0.25) is 0 Å². The summed E-state index contributed by atoms with van der Waals surface area (Å²) >= 11 is 0. The molecule has 30 heavy (non-hydrogen) atoms. The fourth-order valence-electron chi connectivity index (χ4n) is 3.71. The number of ether oxygens (including phenoxy) is 1. The third kappa shape index (κ3) is 3.31. The van der Waals surface area contributed by atoms with Gasteiger partial charge in [-0.3, -0.25) is 0 Å². The highest BCUT2D eigenvalue weighted by molar-refractivity contribution is 6.00. The monoisotopic (exact) mass is 391 g/mol. The van der Waals surface area contributed by atoms with Gasteiger partial charge < -0.3 is 14.1 Å². The maximum Gasteiger partial charge on any atom is 0.142 e. The van der Waals surface area contributed by atoms with Gasteiger partial charge in [0.25, 0.3) is 0 Å². The van der Waals surface area contributed by atoms with E-state index in [4.69, 9.17) is 9.15 Å². The molecule has 5 rings (SSSR count). The Labute approximate surface area is 175 Å². The zero-order chi connectivity index (χ0) is 20.3. The fourth-order valence-corrected chi connectivity index (χ4v) is 3.71. The number of aromatic amines is 1. The number of rotatable bonds is 6. The van der Waals surface area contributed by atoms with Crippen LogP contribution in [0.1, 0.15) is 0 Å². The molecule has 3 nitrogen and oxygen atoms in total. The third-order valence-corrected chi connectivity index (χ3v) is 5.14. The van der Waals surface area contributed by atoms with E-state index in [2.05, 4.69) is 48.0 Å². The van der Waals surface area contributed by atoms with Crippen molar-refractivity contribution in [3.8, 4) is 39.5 Å². The van der Waals surface area contributed by atoms with E-state index in [1.807, 2.05) is 54.7 Å². The highest BCUT2D eigenvalue weighted by Gasteiger charge is 2.19. The highest BCUT2D eigenvalue weighted by atomic mass is 16.5. The molecule has 0 aliphatic carbocycles. The number of furan rings is 1. The number of H-pyrrole nitrogens is 1. The molecule has 0 radical (unpaired) electrons. The summed E-state index contributed by atoms with van der Waals surface area (Å²) in [5.41, 5.74) is 5.28. The summed E-state index contributed by atoms with van der Waals surface area (Å²) in [6, 6.07) is 28.6. The highest BCUT2D eigenvalue weighted by Crippen LogP contribution is 2.41. The second kappa shape index (κ2) is 7.80. The van der Waals surface area contributed by atoms with Crippen LogP contribution in [0.4, 0.5) is 0 Å². The molecule has 0 aliphatic heterocycles. The molecule has 2 aromatic heterocycles. The van der Waals surface area contributed by atoms with Crippen molar-refractivity contribution in [3.63, 3.8) is 0 Å². The van der Waals surface area contributed by atoms with Crippen LogP contribution in [-0.4, -0.2) is 11.6 Å². The van der Waals surface area contributed by atoms with Crippen LogP contribution in [-0.2, 0) is 0 Å². The van der Waals surface area contributed by atoms with E-state index in [0.717, 1.165) is 50.4 Å². The molecule has 0 fully saturated rings. The number of benzene rings is 3. The number of aromatic nitrogens is 1. The van der Waals surface area contributed by atoms with Gasteiger partial charge in [-0.25, -0.2) is 0 Å². The largest absolute Gasteiger partial charge is 0.490 e. The van der Waals surface area contributed by atoms with Crippen LogP contribution in [0.3, 0.4) is 0 Å². The molecule has 0 spiro atoms. The van der Waals surface area contributed by atoms with E-state index in [1.54, 1.807) is 6.08 Å². The van der Waals surface area contributed by atoms with Gasteiger partial charge in [0.15, 0.2) is 0 Å². The molecule has 1 N–H and O–H groups in total. The van der Waals surface area contributed by atoms with Gasteiger partial charge in [-0.05, 0) is 24.3 Å². The molecule has 2 heterocycles. The van der Waals surface area contributed by atoms with Gasteiger partial charge in [0.1, 0.15) is 23.9 Å². The normalized spacial score (nSPS) is 10.9. The lowest BCUT2D eigenvalue weighted by molar-refractivity contribution is 0.364. The first-order chi connectivity index (χ1) is 14.8. The zero-order valence-corrected chi connectivity index (χ0v) is 16.5. The minimum absolute atomic E-state index is 0.477. The first-order valence-corrected chi connectivity index (χ1v) is 9.93. The lowest BCUT2D eigenvalue weighted by Gasteiger charge is -2.05. The predicted octanol–water partition coefficient (Wildman–Crippen LogP) is 7.33.